The Balaban J connectivity index is 0.00000320. The van der Waals surface area contributed by atoms with Crippen LogP contribution in [0.25, 0.3) is 0 Å². The quantitative estimate of drug-likeness (QED) is 0.303. The number of halogens is 1. The van der Waals surface area contributed by atoms with Crippen molar-refractivity contribution < 1.29 is 4.52 Å². The van der Waals surface area contributed by atoms with E-state index in [1.165, 1.54) is 0 Å². The molecule has 2 aromatic rings. The molecule has 0 saturated carbocycles. The highest BCUT2D eigenvalue weighted by Gasteiger charge is 2.21. The van der Waals surface area contributed by atoms with Gasteiger partial charge in [-0.3, -0.25) is 0 Å². The van der Waals surface area contributed by atoms with Crippen molar-refractivity contribution in [1.29, 1.82) is 0 Å². The summed E-state index contributed by atoms with van der Waals surface area (Å²) in [4.78, 5) is 11.5. The first kappa shape index (κ1) is 24.4. The molecule has 7 nitrogen and oxygen atoms in total. The highest BCUT2D eigenvalue weighted by atomic mass is 127. The molecule has 3 rings (SSSR count). The largest absolute Gasteiger partial charge is 0.359 e. The molecule has 0 aromatic carbocycles. The fourth-order valence-corrected chi connectivity index (χ4v) is 3.77. The summed E-state index contributed by atoms with van der Waals surface area (Å²) < 4.78 is 5.50. The van der Waals surface area contributed by atoms with Crippen molar-refractivity contribution >= 4 is 35.8 Å². The van der Waals surface area contributed by atoms with Gasteiger partial charge in [0, 0.05) is 43.9 Å². The van der Waals surface area contributed by atoms with Crippen LogP contribution in [0.4, 0.5) is 5.82 Å². The lowest BCUT2D eigenvalue weighted by atomic mass is 9.99. The van der Waals surface area contributed by atoms with Gasteiger partial charge in [0.1, 0.15) is 12.4 Å². The highest BCUT2D eigenvalue weighted by molar-refractivity contribution is 14.0. The molecule has 2 N–H and O–H groups in total. The second-order valence-electron chi connectivity index (χ2n) is 7.52. The summed E-state index contributed by atoms with van der Waals surface area (Å²) >= 11 is 0. The molecule has 0 aliphatic carbocycles. The topological polar surface area (TPSA) is 78.6 Å². The Morgan fingerprint density at radius 2 is 2.00 bits per heavy atom. The second-order valence-corrected chi connectivity index (χ2v) is 7.52. The summed E-state index contributed by atoms with van der Waals surface area (Å²) in [6, 6.07) is 8.53. The van der Waals surface area contributed by atoms with E-state index in [4.69, 9.17) is 9.52 Å². The predicted molar refractivity (Wildman–Crippen MR) is 133 cm³/mol. The number of nitrogens with one attached hydrogen (secondary N) is 2. The first-order valence-corrected chi connectivity index (χ1v) is 10.9. The van der Waals surface area contributed by atoms with E-state index in [0.29, 0.717) is 18.5 Å². The van der Waals surface area contributed by atoms with Crippen LogP contribution in [-0.2, 0) is 6.54 Å². The van der Waals surface area contributed by atoms with Gasteiger partial charge in [0.25, 0.3) is 0 Å². The average Bonchev–Trinajstić information content (AvgIpc) is 3.23. The fraction of sp³-hybridized carbons (Fsp3) is 0.591. The van der Waals surface area contributed by atoms with Crippen LogP contribution in [0.3, 0.4) is 0 Å². The third kappa shape index (κ3) is 6.85. The molecule has 30 heavy (non-hydrogen) atoms. The minimum atomic E-state index is 0. The smallest absolute Gasteiger partial charge is 0.191 e. The molecule has 1 aliphatic heterocycles. The lowest BCUT2D eigenvalue weighted by molar-refractivity contribution is 0.372. The van der Waals surface area contributed by atoms with Gasteiger partial charge in [0.2, 0.25) is 0 Å². The van der Waals surface area contributed by atoms with Crippen LogP contribution in [0, 0.1) is 0 Å². The van der Waals surface area contributed by atoms with E-state index < -0.39 is 0 Å². The summed E-state index contributed by atoms with van der Waals surface area (Å²) in [5, 5.41) is 11.2. The van der Waals surface area contributed by atoms with Crippen LogP contribution in [0.2, 0.25) is 0 Å². The monoisotopic (exact) mass is 526 g/mol. The molecular weight excluding hydrogens is 491 g/mol. The van der Waals surface area contributed by atoms with E-state index in [-0.39, 0.29) is 24.0 Å². The molecule has 0 amide bonds. The maximum Gasteiger partial charge on any atom is 0.191 e. The number of aliphatic imine (C=N–C) groups is 1. The van der Waals surface area contributed by atoms with Crippen LogP contribution in [0.1, 0.15) is 63.8 Å². The number of nitrogens with zero attached hydrogens (tertiary/aromatic N) is 4. The summed E-state index contributed by atoms with van der Waals surface area (Å²) in [6.45, 7) is 9.77. The molecule has 1 aliphatic rings. The Labute approximate surface area is 197 Å². The molecule has 0 unspecified atom stereocenters. The van der Waals surface area contributed by atoms with E-state index in [1.54, 1.807) is 0 Å². The number of guanidine groups is 1. The lowest BCUT2D eigenvalue weighted by Crippen LogP contribution is -2.48. The molecule has 3 heterocycles. The standard InChI is InChI=1S/C22H34N6O.HI/c1-4-17(5-2)20-15-19(29-27-20)16-25-22(23-6-3)26-18-10-13-28(14-11-18)21-9-7-8-12-24-21;/h7-9,12,15,17-18H,4-6,10-11,13-14,16H2,1-3H3,(H2,23,25,26);1H. The van der Waals surface area contributed by atoms with Gasteiger partial charge in [-0.15, -0.1) is 24.0 Å². The van der Waals surface area contributed by atoms with E-state index in [9.17, 15) is 0 Å². The zero-order valence-corrected chi connectivity index (χ0v) is 20.6. The van der Waals surface area contributed by atoms with Crippen LogP contribution >= 0.6 is 24.0 Å². The Morgan fingerprint density at radius 1 is 1.23 bits per heavy atom. The zero-order valence-electron chi connectivity index (χ0n) is 18.3. The van der Waals surface area contributed by atoms with E-state index in [2.05, 4.69) is 58.6 Å². The minimum Gasteiger partial charge on any atom is -0.359 e. The summed E-state index contributed by atoms with van der Waals surface area (Å²) in [6.07, 6.45) is 6.12. The predicted octanol–water partition coefficient (Wildman–Crippen LogP) is 4.32. The molecule has 0 radical (unpaired) electrons. The van der Waals surface area contributed by atoms with Gasteiger partial charge in [-0.25, -0.2) is 9.98 Å². The van der Waals surface area contributed by atoms with Crippen molar-refractivity contribution in [2.45, 2.75) is 65.0 Å². The molecule has 8 heteroatoms. The van der Waals surface area contributed by atoms with Gasteiger partial charge in [-0.1, -0.05) is 25.1 Å². The average molecular weight is 526 g/mol. The van der Waals surface area contributed by atoms with Crippen molar-refractivity contribution in [3.05, 3.63) is 41.9 Å². The minimum absolute atomic E-state index is 0. The molecule has 0 atom stereocenters. The van der Waals surface area contributed by atoms with E-state index in [0.717, 1.165) is 68.5 Å². The third-order valence-corrected chi connectivity index (χ3v) is 5.53. The normalized spacial score (nSPS) is 15.2. The first-order chi connectivity index (χ1) is 14.2. The number of hydrogen-bond acceptors (Lipinski definition) is 5. The van der Waals surface area contributed by atoms with E-state index >= 15 is 0 Å². The number of pyridine rings is 1. The van der Waals surface area contributed by atoms with Gasteiger partial charge in [0.05, 0.1) is 5.69 Å². The molecule has 166 valence electrons. The van der Waals surface area contributed by atoms with Crippen molar-refractivity contribution in [3.8, 4) is 0 Å². The Hall–Kier alpha value is -1.84. The van der Waals surface area contributed by atoms with Gasteiger partial charge < -0.3 is 20.1 Å². The van der Waals surface area contributed by atoms with Crippen LogP contribution in [0.5, 0.6) is 0 Å². The zero-order chi connectivity index (χ0) is 20.5. The van der Waals surface area contributed by atoms with Crippen molar-refractivity contribution in [2.24, 2.45) is 4.99 Å². The number of piperidine rings is 1. The molecular formula is C22H35IN6O. The van der Waals surface area contributed by atoms with Gasteiger partial charge in [-0.2, -0.15) is 0 Å². The SMILES string of the molecule is CCNC(=NCc1cc(C(CC)CC)no1)NC1CCN(c2ccccn2)CC1.I. The van der Waals surface area contributed by atoms with E-state index in [1.807, 2.05) is 18.3 Å². The maximum atomic E-state index is 5.50. The molecule has 0 spiro atoms. The van der Waals surface area contributed by atoms with Gasteiger partial charge in [0.15, 0.2) is 11.7 Å². The highest BCUT2D eigenvalue weighted by Crippen LogP contribution is 2.22. The molecule has 2 aromatic heterocycles. The fourth-order valence-electron chi connectivity index (χ4n) is 3.77. The second kappa shape index (κ2) is 12.8. The number of hydrogen-bond donors (Lipinski definition) is 2. The molecule has 1 fully saturated rings. The lowest BCUT2D eigenvalue weighted by Gasteiger charge is -2.33. The van der Waals surface area contributed by atoms with Crippen LogP contribution < -0.4 is 15.5 Å². The third-order valence-electron chi connectivity index (χ3n) is 5.53. The molecule has 1 saturated heterocycles. The summed E-state index contributed by atoms with van der Waals surface area (Å²) in [7, 11) is 0. The number of aromatic nitrogens is 2. The Bertz CT molecular complexity index is 754. The van der Waals surface area contributed by atoms with Gasteiger partial charge >= 0.3 is 0 Å². The Kier molecular flexibility index (Phi) is 10.4. The van der Waals surface area contributed by atoms with Gasteiger partial charge in [-0.05, 0) is 44.7 Å². The summed E-state index contributed by atoms with van der Waals surface area (Å²) in [5.41, 5.74) is 1.04. The summed E-state index contributed by atoms with van der Waals surface area (Å²) in [5.74, 6) is 3.18. The number of rotatable bonds is 8. The Morgan fingerprint density at radius 3 is 2.63 bits per heavy atom. The van der Waals surface area contributed by atoms with Crippen LogP contribution in [0.15, 0.2) is 40.0 Å². The van der Waals surface area contributed by atoms with Crippen molar-refractivity contribution in [3.63, 3.8) is 0 Å². The van der Waals surface area contributed by atoms with Crippen molar-refractivity contribution in [2.75, 3.05) is 24.5 Å². The van der Waals surface area contributed by atoms with Crippen LogP contribution in [-0.4, -0.2) is 41.8 Å². The first-order valence-electron chi connectivity index (χ1n) is 10.9. The number of anilines is 1. The van der Waals surface area contributed by atoms with Crippen molar-refractivity contribution in [1.82, 2.24) is 20.8 Å². The molecule has 0 bridgehead atoms. The maximum absolute atomic E-state index is 5.50.